The number of halogens is 2. The van der Waals surface area contributed by atoms with Crippen LogP contribution in [-0.2, 0) is 13.2 Å². The SMILES string of the molecule is Cc1ccc(F)c(OCc2cc(CN)ccc2F)c1. The van der Waals surface area contributed by atoms with E-state index in [4.69, 9.17) is 10.5 Å². The molecule has 0 spiro atoms. The summed E-state index contributed by atoms with van der Waals surface area (Å²) in [6, 6.07) is 9.15. The fraction of sp³-hybridized carbons (Fsp3) is 0.200. The predicted octanol–water partition coefficient (Wildman–Crippen LogP) is 3.31. The molecule has 4 heteroatoms. The minimum atomic E-state index is -0.457. The van der Waals surface area contributed by atoms with E-state index in [1.54, 1.807) is 24.3 Å². The van der Waals surface area contributed by atoms with Gasteiger partial charge in [-0.05, 0) is 42.3 Å². The van der Waals surface area contributed by atoms with Crippen molar-refractivity contribution >= 4 is 0 Å². The van der Waals surface area contributed by atoms with Crippen molar-refractivity contribution in [1.82, 2.24) is 0 Å². The molecule has 19 heavy (non-hydrogen) atoms. The van der Waals surface area contributed by atoms with Crippen LogP contribution >= 0.6 is 0 Å². The van der Waals surface area contributed by atoms with E-state index in [0.717, 1.165) is 11.1 Å². The Hall–Kier alpha value is -1.94. The van der Waals surface area contributed by atoms with Gasteiger partial charge in [0.25, 0.3) is 0 Å². The lowest BCUT2D eigenvalue weighted by Crippen LogP contribution is -2.03. The third kappa shape index (κ3) is 3.29. The first-order valence-electron chi connectivity index (χ1n) is 5.96. The fourth-order valence-corrected chi connectivity index (χ4v) is 1.74. The molecule has 0 heterocycles. The van der Waals surface area contributed by atoms with Crippen LogP contribution in [0.5, 0.6) is 5.75 Å². The topological polar surface area (TPSA) is 35.2 Å². The molecule has 0 saturated carbocycles. The van der Waals surface area contributed by atoms with E-state index in [9.17, 15) is 8.78 Å². The molecule has 0 atom stereocenters. The van der Waals surface area contributed by atoms with E-state index in [2.05, 4.69) is 0 Å². The molecular formula is C15H15F2NO. The van der Waals surface area contributed by atoms with Crippen molar-refractivity contribution in [2.45, 2.75) is 20.1 Å². The van der Waals surface area contributed by atoms with Crippen LogP contribution in [0, 0.1) is 18.6 Å². The molecule has 0 fully saturated rings. The molecule has 2 N–H and O–H groups in total. The van der Waals surface area contributed by atoms with Crippen molar-refractivity contribution in [2.75, 3.05) is 0 Å². The van der Waals surface area contributed by atoms with Crippen LogP contribution < -0.4 is 10.5 Å². The Morgan fingerprint density at radius 2 is 1.79 bits per heavy atom. The Labute approximate surface area is 110 Å². The van der Waals surface area contributed by atoms with Gasteiger partial charge < -0.3 is 10.5 Å². The summed E-state index contributed by atoms with van der Waals surface area (Å²) >= 11 is 0. The third-order valence-corrected chi connectivity index (χ3v) is 2.82. The zero-order chi connectivity index (χ0) is 13.8. The van der Waals surface area contributed by atoms with Crippen molar-refractivity contribution in [3.05, 3.63) is 64.7 Å². The summed E-state index contributed by atoms with van der Waals surface area (Å²) < 4.78 is 32.4. The van der Waals surface area contributed by atoms with E-state index in [1.807, 2.05) is 6.92 Å². The van der Waals surface area contributed by atoms with Crippen LogP contribution in [0.3, 0.4) is 0 Å². The molecule has 2 aromatic carbocycles. The standard InChI is InChI=1S/C15H15F2NO/c1-10-2-4-14(17)15(6-10)19-9-12-7-11(8-18)3-5-13(12)16/h2-7H,8-9,18H2,1H3. The quantitative estimate of drug-likeness (QED) is 0.918. The van der Waals surface area contributed by atoms with Gasteiger partial charge in [-0.2, -0.15) is 0 Å². The summed E-state index contributed by atoms with van der Waals surface area (Å²) in [4.78, 5) is 0. The normalized spacial score (nSPS) is 10.5. The first-order chi connectivity index (χ1) is 9.10. The monoisotopic (exact) mass is 263 g/mol. The number of benzene rings is 2. The van der Waals surface area contributed by atoms with Gasteiger partial charge in [0.2, 0.25) is 0 Å². The second-order valence-electron chi connectivity index (χ2n) is 4.35. The average Bonchev–Trinajstić information content (AvgIpc) is 2.41. The van der Waals surface area contributed by atoms with Gasteiger partial charge in [-0.1, -0.05) is 12.1 Å². The molecule has 0 bridgehead atoms. The summed E-state index contributed by atoms with van der Waals surface area (Å²) in [7, 11) is 0. The third-order valence-electron chi connectivity index (χ3n) is 2.82. The summed E-state index contributed by atoms with van der Waals surface area (Å²) in [5.74, 6) is -0.719. The molecule has 0 aliphatic heterocycles. The van der Waals surface area contributed by atoms with Gasteiger partial charge in [0.15, 0.2) is 11.6 Å². The number of hydrogen-bond donors (Lipinski definition) is 1. The summed E-state index contributed by atoms with van der Waals surface area (Å²) in [6.45, 7) is 2.13. The number of aryl methyl sites for hydroxylation is 1. The van der Waals surface area contributed by atoms with Gasteiger partial charge in [0, 0.05) is 12.1 Å². The van der Waals surface area contributed by atoms with Crippen LogP contribution in [0.25, 0.3) is 0 Å². The molecule has 0 aromatic heterocycles. The molecule has 0 amide bonds. The zero-order valence-corrected chi connectivity index (χ0v) is 10.6. The maximum absolute atomic E-state index is 13.6. The molecule has 0 radical (unpaired) electrons. The Morgan fingerprint density at radius 3 is 2.53 bits per heavy atom. The lowest BCUT2D eigenvalue weighted by molar-refractivity contribution is 0.284. The first kappa shape index (κ1) is 13.5. The van der Waals surface area contributed by atoms with Crippen LogP contribution in [0.2, 0.25) is 0 Å². The number of hydrogen-bond acceptors (Lipinski definition) is 2. The van der Waals surface area contributed by atoms with Crippen molar-refractivity contribution in [3.63, 3.8) is 0 Å². The van der Waals surface area contributed by atoms with E-state index < -0.39 is 5.82 Å². The lowest BCUT2D eigenvalue weighted by Gasteiger charge is -2.10. The molecular weight excluding hydrogens is 248 g/mol. The molecule has 0 aliphatic rings. The zero-order valence-electron chi connectivity index (χ0n) is 10.6. The van der Waals surface area contributed by atoms with Crippen molar-refractivity contribution < 1.29 is 13.5 Å². The summed E-state index contributed by atoms with van der Waals surface area (Å²) in [5.41, 5.74) is 7.55. The minimum Gasteiger partial charge on any atom is -0.486 e. The fourth-order valence-electron chi connectivity index (χ4n) is 1.74. The van der Waals surface area contributed by atoms with Crippen molar-refractivity contribution in [3.8, 4) is 5.75 Å². The minimum absolute atomic E-state index is 0.0277. The molecule has 2 aromatic rings. The van der Waals surface area contributed by atoms with Crippen LogP contribution in [-0.4, -0.2) is 0 Å². The van der Waals surface area contributed by atoms with Gasteiger partial charge in [-0.3, -0.25) is 0 Å². The second kappa shape index (κ2) is 5.80. The smallest absolute Gasteiger partial charge is 0.165 e. The van der Waals surface area contributed by atoms with Crippen LogP contribution in [0.4, 0.5) is 8.78 Å². The van der Waals surface area contributed by atoms with E-state index in [-0.39, 0.29) is 18.2 Å². The highest BCUT2D eigenvalue weighted by Crippen LogP contribution is 2.20. The number of ether oxygens (including phenoxy) is 1. The summed E-state index contributed by atoms with van der Waals surface area (Å²) in [5, 5.41) is 0. The highest BCUT2D eigenvalue weighted by Gasteiger charge is 2.07. The highest BCUT2D eigenvalue weighted by molar-refractivity contribution is 5.30. The second-order valence-corrected chi connectivity index (χ2v) is 4.35. The van der Waals surface area contributed by atoms with Crippen LogP contribution in [0.1, 0.15) is 16.7 Å². The largest absolute Gasteiger partial charge is 0.486 e. The Morgan fingerprint density at radius 1 is 1.05 bits per heavy atom. The molecule has 0 saturated heterocycles. The average molecular weight is 263 g/mol. The number of rotatable bonds is 4. The highest BCUT2D eigenvalue weighted by atomic mass is 19.1. The van der Waals surface area contributed by atoms with Crippen molar-refractivity contribution in [2.24, 2.45) is 5.73 Å². The van der Waals surface area contributed by atoms with Crippen LogP contribution in [0.15, 0.2) is 36.4 Å². The first-order valence-corrected chi connectivity index (χ1v) is 5.96. The van der Waals surface area contributed by atoms with E-state index >= 15 is 0 Å². The maximum atomic E-state index is 13.6. The molecule has 100 valence electrons. The molecule has 0 aliphatic carbocycles. The van der Waals surface area contributed by atoms with Gasteiger partial charge in [0.1, 0.15) is 12.4 Å². The molecule has 0 unspecified atom stereocenters. The van der Waals surface area contributed by atoms with Gasteiger partial charge in [0.05, 0.1) is 0 Å². The van der Waals surface area contributed by atoms with Crippen molar-refractivity contribution in [1.29, 1.82) is 0 Å². The lowest BCUT2D eigenvalue weighted by atomic mass is 10.1. The molecule has 2 nitrogen and oxygen atoms in total. The summed E-state index contributed by atoms with van der Waals surface area (Å²) in [6.07, 6.45) is 0. The Kier molecular flexibility index (Phi) is 4.12. The predicted molar refractivity (Wildman–Crippen MR) is 69.8 cm³/mol. The van der Waals surface area contributed by atoms with Gasteiger partial charge >= 0.3 is 0 Å². The Balaban J connectivity index is 2.16. The Bertz CT molecular complexity index is 584. The van der Waals surface area contributed by atoms with Gasteiger partial charge in [-0.25, -0.2) is 8.78 Å². The maximum Gasteiger partial charge on any atom is 0.165 e. The van der Waals surface area contributed by atoms with Gasteiger partial charge in [-0.15, -0.1) is 0 Å². The molecule has 2 rings (SSSR count). The van der Waals surface area contributed by atoms with E-state index in [1.165, 1.54) is 12.1 Å². The van der Waals surface area contributed by atoms with E-state index in [0.29, 0.717) is 12.1 Å². The number of nitrogens with two attached hydrogens (primary N) is 1.